The van der Waals surface area contributed by atoms with Gasteiger partial charge in [0.1, 0.15) is 5.56 Å². The van der Waals surface area contributed by atoms with Crippen LogP contribution >= 0.6 is 0 Å². The second-order valence-electron chi connectivity index (χ2n) is 6.12. The number of pyridine rings is 1. The maximum absolute atomic E-state index is 11.5. The van der Waals surface area contributed by atoms with Crippen LogP contribution in [0, 0.1) is 0 Å². The largest absolute Gasteiger partial charge is 0.478 e. The van der Waals surface area contributed by atoms with E-state index in [0.717, 1.165) is 23.7 Å². The van der Waals surface area contributed by atoms with Crippen molar-refractivity contribution in [2.24, 2.45) is 0 Å². The zero-order valence-corrected chi connectivity index (χ0v) is 12.2. The average Bonchev–Trinajstić information content (AvgIpc) is 2.47. The molecule has 4 heteroatoms. The van der Waals surface area contributed by atoms with Crippen LogP contribution in [0.2, 0.25) is 0 Å². The normalized spacial score (nSPS) is 17.6. The summed E-state index contributed by atoms with van der Waals surface area (Å²) < 4.78 is 0. The molecule has 0 radical (unpaired) electrons. The summed E-state index contributed by atoms with van der Waals surface area (Å²) in [5.74, 6) is -0.935. The standard InChI is InChI=1S/C17H20N2O2/c1-17(9-5-2-6-10-17)19-15-12-7-3-4-8-14(12)18-11-13(15)16(20)21/h3-4,7-8,11H,2,5-6,9-10H2,1H3,(H,18,19)(H,20,21). The van der Waals surface area contributed by atoms with Crippen LogP contribution in [0.5, 0.6) is 0 Å². The summed E-state index contributed by atoms with van der Waals surface area (Å²) in [4.78, 5) is 15.8. The third-order valence-electron chi connectivity index (χ3n) is 4.39. The van der Waals surface area contributed by atoms with Crippen molar-refractivity contribution < 1.29 is 9.90 Å². The smallest absolute Gasteiger partial charge is 0.339 e. The van der Waals surface area contributed by atoms with Crippen LogP contribution in [0.25, 0.3) is 10.9 Å². The second-order valence-corrected chi connectivity index (χ2v) is 6.12. The van der Waals surface area contributed by atoms with Crippen molar-refractivity contribution in [3.05, 3.63) is 36.0 Å². The van der Waals surface area contributed by atoms with Crippen LogP contribution in [0.15, 0.2) is 30.5 Å². The first-order valence-corrected chi connectivity index (χ1v) is 7.48. The van der Waals surface area contributed by atoms with Crippen LogP contribution in [0.1, 0.15) is 49.4 Å². The average molecular weight is 284 g/mol. The molecule has 2 N–H and O–H groups in total. The molecule has 0 amide bonds. The van der Waals surface area contributed by atoms with Crippen molar-refractivity contribution in [3.8, 4) is 0 Å². The molecule has 0 atom stereocenters. The second kappa shape index (κ2) is 5.35. The fourth-order valence-electron chi connectivity index (χ4n) is 3.20. The highest BCUT2D eigenvalue weighted by atomic mass is 16.4. The predicted octanol–water partition coefficient (Wildman–Crippen LogP) is 4.07. The number of nitrogens with zero attached hydrogens (tertiary/aromatic N) is 1. The van der Waals surface area contributed by atoms with Gasteiger partial charge in [0, 0.05) is 17.1 Å². The number of carboxylic acid groups (broad SMARTS) is 1. The van der Waals surface area contributed by atoms with E-state index in [1.807, 2.05) is 24.3 Å². The number of anilines is 1. The van der Waals surface area contributed by atoms with Crippen LogP contribution < -0.4 is 5.32 Å². The van der Waals surface area contributed by atoms with Gasteiger partial charge in [-0.25, -0.2) is 4.79 Å². The number of aromatic nitrogens is 1. The highest BCUT2D eigenvalue weighted by Crippen LogP contribution is 2.35. The van der Waals surface area contributed by atoms with E-state index in [-0.39, 0.29) is 11.1 Å². The molecule has 1 saturated carbocycles. The lowest BCUT2D eigenvalue weighted by Gasteiger charge is -2.36. The first-order chi connectivity index (χ1) is 10.1. The summed E-state index contributed by atoms with van der Waals surface area (Å²) in [5, 5.41) is 13.9. The van der Waals surface area contributed by atoms with E-state index >= 15 is 0 Å². The van der Waals surface area contributed by atoms with Gasteiger partial charge in [0.2, 0.25) is 0 Å². The van der Waals surface area contributed by atoms with Gasteiger partial charge in [-0.3, -0.25) is 4.98 Å². The number of aromatic carboxylic acids is 1. The van der Waals surface area contributed by atoms with E-state index in [2.05, 4.69) is 17.2 Å². The first-order valence-electron chi connectivity index (χ1n) is 7.48. The summed E-state index contributed by atoms with van der Waals surface area (Å²) in [7, 11) is 0. The Morgan fingerprint density at radius 2 is 1.95 bits per heavy atom. The summed E-state index contributed by atoms with van der Waals surface area (Å²) in [6, 6.07) is 7.69. The van der Waals surface area contributed by atoms with E-state index in [1.165, 1.54) is 25.5 Å². The maximum atomic E-state index is 11.5. The Bertz CT molecular complexity index is 676. The van der Waals surface area contributed by atoms with Crippen molar-refractivity contribution in [1.82, 2.24) is 4.98 Å². The number of hydrogen-bond acceptors (Lipinski definition) is 3. The Morgan fingerprint density at radius 3 is 2.67 bits per heavy atom. The van der Waals surface area contributed by atoms with Gasteiger partial charge in [0.15, 0.2) is 0 Å². The van der Waals surface area contributed by atoms with Crippen molar-refractivity contribution in [3.63, 3.8) is 0 Å². The van der Waals surface area contributed by atoms with E-state index in [4.69, 9.17) is 0 Å². The molecule has 0 unspecified atom stereocenters. The lowest BCUT2D eigenvalue weighted by molar-refractivity contribution is 0.0697. The minimum absolute atomic E-state index is 0.0351. The fraction of sp³-hybridized carbons (Fsp3) is 0.412. The van der Waals surface area contributed by atoms with Gasteiger partial charge in [0.05, 0.1) is 11.2 Å². The Balaban J connectivity index is 2.10. The molecule has 1 aromatic heterocycles. The third kappa shape index (κ3) is 2.71. The van der Waals surface area contributed by atoms with Gasteiger partial charge in [-0.1, -0.05) is 37.5 Å². The van der Waals surface area contributed by atoms with Crippen molar-refractivity contribution in [2.45, 2.75) is 44.6 Å². The minimum Gasteiger partial charge on any atom is -0.478 e. The molecule has 21 heavy (non-hydrogen) atoms. The molecule has 0 bridgehead atoms. The van der Waals surface area contributed by atoms with E-state index in [0.29, 0.717) is 5.69 Å². The predicted molar refractivity (Wildman–Crippen MR) is 83.8 cm³/mol. The van der Waals surface area contributed by atoms with Crippen molar-refractivity contribution >= 4 is 22.6 Å². The Labute approximate surface area is 124 Å². The molecular weight excluding hydrogens is 264 g/mol. The Hall–Kier alpha value is -2.10. The number of rotatable bonds is 3. The Kier molecular flexibility index (Phi) is 3.53. The molecule has 3 rings (SSSR count). The minimum atomic E-state index is -0.935. The van der Waals surface area contributed by atoms with Crippen LogP contribution in [0.4, 0.5) is 5.69 Å². The molecular formula is C17H20N2O2. The van der Waals surface area contributed by atoms with Crippen LogP contribution in [-0.4, -0.2) is 21.6 Å². The number of hydrogen-bond donors (Lipinski definition) is 2. The van der Waals surface area contributed by atoms with E-state index < -0.39 is 5.97 Å². The molecule has 2 aromatic rings. The number of benzene rings is 1. The lowest BCUT2D eigenvalue weighted by atomic mass is 9.83. The third-order valence-corrected chi connectivity index (χ3v) is 4.39. The number of para-hydroxylation sites is 1. The molecule has 1 fully saturated rings. The molecule has 0 spiro atoms. The van der Waals surface area contributed by atoms with Gasteiger partial charge in [-0.15, -0.1) is 0 Å². The number of nitrogens with one attached hydrogen (secondary N) is 1. The number of carboxylic acids is 1. The van der Waals surface area contributed by atoms with Gasteiger partial charge in [-0.2, -0.15) is 0 Å². The summed E-state index contributed by atoms with van der Waals surface area (Å²) in [5.41, 5.74) is 1.74. The van der Waals surface area contributed by atoms with Crippen LogP contribution in [-0.2, 0) is 0 Å². The Morgan fingerprint density at radius 1 is 1.24 bits per heavy atom. The highest BCUT2D eigenvalue weighted by Gasteiger charge is 2.28. The van der Waals surface area contributed by atoms with Gasteiger partial charge < -0.3 is 10.4 Å². The SMILES string of the molecule is CC1(Nc2c(C(=O)O)cnc3ccccc23)CCCCC1. The lowest BCUT2D eigenvalue weighted by Crippen LogP contribution is -2.37. The molecule has 4 nitrogen and oxygen atoms in total. The van der Waals surface area contributed by atoms with E-state index in [9.17, 15) is 9.90 Å². The first kappa shape index (κ1) is 13.9. The monoisotopic (exact) mass is 284 g/mol. The molecule has 0 aliphatic heterocycles. The van der Waals surface area contributed by atoms with Gasteiger partial charge in [-0.05, 0) is 25.8 Å². The number of carbonyl (C=O) groups is 1. The topological polar surface area (TPSA) is 62.2 Å². The molecule has 110 valence electrons. The van der Waals surface area contributed by atoms with E-state index in [1.54, 1.807) is 0 Å². The maximum Gasteiger partial charge on any atom is 0.339 e. The molecule has 1 aromatic carbocycles. The zero-order valence-electron chi connectivity index (χ0n) is 12.2. The highest BCUT2D eigenvalue weighted by molar-refractivity contribution is 6.04. The molecule has 0 saturated heterocycles. The molecule has 1 heterocycles. The summed E-state index contributed by atoms with van der Waals surface area (Å²) >= 11 is 0. The van der Waals surface area contributed by atoms with Gasteiger partial charge >= 0.3 is 5.97 Å². The summed E-state index contributed by atoms with van der Waals surface area (Å²) in [6.07, 6.45) is 7.24. The van der Waals surface area contributed by atoms with Crippen LogP contribution in [0.3, 0.4) is 0 Å². The van der Waals surface area contributed by atoms with Crippen molar-refractivity contribution in [1.29, 1.82) is 0 Å². The number of fused-ring (bicyclic) bond motifs is 1. The molecule has 1 aliphatic rings. The quantitative estimate of drug-likeness (QED) is 0.892. The molecule has 1 aliphatic carbocycles. The zero-order chi connectivity index (χ0) is 14.9. The van der Waals surface area contributed by atoms with Gasteiger partial charge in [0.25, 0.3) is 0 Å². The summed E-state index contributed by atoms with van der Waals surface area (Å²) in [6.45, 7) is 2.19. The van der Waals surface area contributed by atoms with Crippen molar-refractivity contribution in [2.75, 3.05) is 5.32 Å². The fourth-order valence-corrected chi connectivity index (χ4v) is 3.20.